The van der Waals surface area contributed by atoms with E-state index in [1.807, 2.05) is 18.3 Å². The number of nitrogens with zero attached hydrogens (tertiary/aromatic N) is 3. The van der Waals surface area contributed by atoms with E-state index in [9.17, 15) is 4.79 Å². The highest BCUT2D eigenvalue weighted by Gasteiger charge is 2.26. The first kappa shape index (κ1) is 17.6. The van der Waals surface area contributed by atoms with Gasteiger partial charge in [0.05, 0.1) is 6.54 Å². The molecule has 1 aromatic heterocycles. The Labute approximate surface area is 149 Å². The lowest BCUT2D eigenvalue weighted by Gasteiger charge is -2.22. The highest BCUT2D eigenvalue weighted by atomic mass is 16.5. The molecular formula is C19H26N4O2. The van der Waals surface area contributed by atoms with E-state index in [4.69, 9.17) is 11.2 Å². The van der Waals surface area contributed by atoms with Gasteiger partial charge < -0.3 is 15.0 Å². The van der Waals surface area contributed by atoms with Crippen LogP contribution in [0.25, 0.3) is 0 Å². The maximum atomic E-state index is 11.6. The van der Waals surface area contributed by atoms with Crippen molar-refractivity contribution in [3.05, 3.63) is 18.3 Å². The van der Waals surface area contributed by atoms with Gasteiger partial charge in [-0.3, -0.25) is 9.69 Å². The zero-order valence-corrected chi connectivity index (χ0v) is 14.6. The number of hydrogen-bond donors (Lipinski definition) is 1. The van der Waals surface area contributed by atoms with Gasteiger partial charge >= 0.3 is 0 Å². The maximum absolute atomic E-state index is 11.6. The quantitative estimate of drug-likeness (QED) is 0.757. The van der Waals surface area contributed by atoms with Gasteiger partial charge in [-0.15, -0.1) is 6.42 Å². The fourth-order valence-electron chi connectivity index (χ4n) is 3.41. The molecule has 0 radical (unpaired) electrons. The summed E-state index contributed by atoms with van der Waals surface area (Å²) in [4.78, 5) is 20.7. The van der Waals surface area contributed by atoms with Crippen molar-refractivity contribution in [1.82, 2.24) is 15.2 Å². The fraction of sp³-hybridized carbons (Fsp3) is 0.579. The molecule has 1 aromatic rings. The van der Waals surface area contributed by atoms with Gasteiger partial charge in [0.2, 0.25) is 5.91 Å². The lowest BCUT2D eigenvalue weighted by atomic mass is 10.3. The zero-order valence-electron chi connectivity index (χ0n) is 14.6. The van der Waals surface area contributed by atoms with Crippen molar-refractivity contribution in [1.29, 1.82) is 0 Å². The molecule has 3 rings (SSSR count). The van der Waals surface area contributed by atoms with E-state index in [-0.39, 0.29) is 12.0 Å². The molecule has 0 spiro atoms. The van der Waals surface area contributed by atoms with Gasteiger partial charge in [0.15, 0.2) is 11.6 Å². The number of rotatable bonds is 7. The van der Waals surface area contributed by atoms with Crippen LogP contribution >= 0.6 is 0 Å². The third-order valence-electron chi connectivity index (χ3n) is 4.72. The first-order chi connectivity index (χ1) is 12.3. The minimum Gasteiger partial charge on any atom is -0.485 e. The molecule has 3 heterocycles. The Kier molecular flexibility index (Phi) is 6.13. The first-order valence-electron chi connectivity index (χ1n) is 9.05. The summed E-state index contributed by atoms with van der Waals surface area (Å²) in [5.41, 5.74) is 0. The largest absolute Gasteiger partial charge is 0.485 e. The van der Waals surface area contributed by atoms with Crippen molar-refractivity contribution in [2.24, 2.45) is 0 Å². The Morgan fingerprint density at radius 3 is 3.04 bits per heavy atom. The summed E-state index contributed by atoms with van der Waals surface area (Å²) in [5.74, 6) is 4.26. The Hall–Kier alpha value is -2.26. The van der Waals surface area contributed by atoms with E-state index in [2.05, 4.69) is 26.0 Å². The Bertz CT molecular complexity index is 622. The second-order valence-electron chi connectivity index (χ2n) is 6.58. The molecule has 1 unspecified atom stereocenters. The van der Waals surface area contributed by atoms with Crippen molar-refractivity contribution in [2.75, 3.05) is 44.2 Å². The number of likely N-dealkylation sites (tertiary alicyclic amines) is 1. The van der Waals surface area contributed by atoms with Gasteiger partial charge in [-0.25, -0.2) is 4.98 Å². The molecule has 0 aliphatic carbocycles. The average Bonchev–Trinajstić information content (AvgIpc) is 3.30. The van der Waals surface area contributed by atoms with E-state index >= 15 is 0 Å². The smallest absolute Gasteiger partial charge is 0.222 e. The van der Waals surface area contributed by atoms with Gasteiger partial charge in [-0.1, -0.05) is 5.92 Å². The lowest BCUT2D eigenvalue weighted by molar-refractivity contribution is -0.121. The number of anilines is 1. The number of terminal acetylenes is 1. The number of carbonyl (C=O) groups excluding carboxylic acids is 1. The summed E-state index contributed by atoms with van der Waals surface area (Å²) >= 11 is 0. The molecule has 0 bridgehead atoms. The number of pyridine rings is 1. The molecule has 6 nitrogen and oxygen atoms in total. The lowest BCUT2D eigenvalue weighted by Crippen LogP contribution is -2.31. The first-order valence-corrected chi connectivity index (χ1v) is 9.05. The van der Waals surface area contributed by atoms with Crippen LogP contribution in [-0.4, -0.2) is 61.2 Å². The van der Waals surface area contributed by atoms with Crippen molar-refractivity contribution < 1.29 is 9.53 Å². The van der Waals surface area contributed by atoms with Crippen LogP contribution in [0.15, 0.2) is 18.3 Å². The van der Waals surface area contributed by atoms with E-state index in [1.165, 1.54) is 12.8 Å². The third-order valence-corrected chi connectivity index (χ3v) is 4.72. The normalized spacial score (nSPS) is 20.4. The van der Waals surface area contributed by atoms with Gasteiger partial charge in [-0.05, 0) is 31.4 Å². The fourth-order valence-corrected chi connectivity index (χ4v) is 3.41. The topological polar surface area (TPSA) is 57.7 Å². The van der Waals surface area contributed by atoms with Gasteiger partial charge in [0.25, 0.3) is 0 Å². The molecule has 0 aromatic carbocycles. The van der Waals surface area contributed by atoms with Gasteiger partial charge in [0, 0.05) is 45.3 Å². The Morgan fingerprint density at radius 2 is 2.24 bits per heavy atom. The molecule has 0 saturated carbocycles. The molecule has 2 aliphatic heterocycles. The van der Waals surface area contributed by atoms with Crippen LogP contribution in [0.5, 0.6) is 5.75 Å². The molecule has 2 aliphatic rings. The van der Waals surface area contributed by atoms with E-state index in [1.54, 1.807) is 0 Å². The van der Waals surface area contributed by atoms with Crippen molar-refractivity contribution in [3.8, 4) is 18.1 Å². The van der Waals surface area contributed by atoms with Crippen LogP contribution in [0.3, 0.4) is 0 Å². The summed E-state index contributed by atoms with van der Waals surface area (Å²) < 4.78 is 6.25. The van der Waals surface area contributed by atoms with Gasteiger partial charge in [0.1, 0.15) is 6.10 Å². The third kappa shape index (κ3) is 4.86. The number of hydrogen-bond acceptors (Lipinski definition) is 5. The zero-order chi connectivity index (χ0) is 17.5. The van der Waals surface area contributed by atoms with E-state index < -0.39 is 0 Å². The van der Waals surface area contributed by atoms with Crippen LogP contribution in [0.2, 0.25) is 0 Å². The predicted octanol–water partition coefficient (Wildman–Crippen LogP) is 1.27. The Balaban J connectivity index is 1.49. The number of carbonyl (C=O) groups is 1. The van der Waals surface area contributed by atoms with Crippen molar-refractivity contribution in [3.63, 3.8) is 0 Å². The minimum absolute atomic E-state index is 0.00546. The molecular weight excluding hydrogens is 316 g/mol. The second kappa shape index (κ2) is 8.72. The molecule has 25 heavy (non-hydrogen) atoms. The second-order valence-corrected chi connectivity index (χ2v) is 6.58. The van der Waals surface area contributed by atoms with Crippen LogP contribution in [0, 0.1) is 12.3 Å². The molecule has 2 fully saturated rings. The summed E-state index contributed by atoms with van der Waals surface area (Å²) in [7, 11) is 0. The molecule has 1 N–H and O–H groups in total. The highest BCUT2D eigenvalue weighted by Crippen LogP contribution is 2.30. The summed E-state index contributed by atoms with van der Waals surface area (Å²) in [5, 5.41) is 2.70. The van der Waals surface area contributed by atoms with E-state index in [0.717, 1.165) is 50.7 Å². The number of amides is 1. The number of aromatic nitrogens is 1. The standard InChI is InChI=1S/C19H26N4O2/c1-2-9-20-18(24)8-14-22-13-7-16(15-22)25-17-6-5-10-21-19(17)23-11-3-4-12-23/h1,5-6,10,16H,3-4,7-9,11-15H2,(H,20,24). The van der Waals surface area contributed by atoms with Crippen molar-refractivity contribution >= 4 is 11.7 Å². The molecule has 1 amide bonds. The number of nitrogens with one attached hydrogen (secondary N) is 1. The van der Waals surface area contributed by atoms with E-state index in [0.29, 0.717) is 13.0 Å². The maximum Gasteiger partial charge on any atom is 0.222 e. The molecule has 1 atom stereocenters. The monoisotopic (exact) mass is 342 g/mol. The highest BCUT2D eigenvalue weighted by molar-refractivity contribution is 5.76. The minimum atomic E-state index is 0.00546. The SMILES string of the molecule is C#CCNC(=O)CCN1CCC(Oc2cccnc2N2CCCC2)C1. The molecule has 2 saturated heterocycles. The van der Waals surface area contributed by atoms with Crippen LogP contribution < -0.4 is 15.0 Å². The van der Waals surface area contributed by atoms with Gasteiger partial charge in [-0.2, -0.15) is 0 Å². The molecule has 134 valence electrons. The number of ether oxygens (including phenoxy) is 1. The van der Waals surface area contributed by atoms with Crippen LogP contribution in [-0.2, 0) is 4.79 Å². The summed E-state index contributed by atoms with van der Waals surface area (Å²) in [6.07, 6.45) is 11.0. The summed E-state index contributed by atoms with van der Waals surface area (Å²) in [6.45, 7) is 4.93. The Morgan fingerprint density at radius 1 is 1.40 bits per heavy atom. The molecule has 6 heteroatoms. The van der Waals surface area contributed by atoms with Crippen molar-refractivity contribution in [2.45, 2.75) is 31.8 Å². The average molecular weight is 342 g/mol. The summed E-state index contributed by atoms with van der Waals surface area (Å²) in [6, 6.07) is 3.94. The van der Waals surface area contributed by atoms with Crippen LogP contribution in [0.1, 0.15) is 25.7 Å². The predicted molar refractivity (Wildman–Crippen MR) is 97.6 cm³/mol. The van der Waals surface area contributed by atoms with Crippen LogP contribution in [0.4, 0.5) is 5.82 Å².